The standard InChI is InChI=1S/C21H23ClN2O3/c1-21(2,27-18-10-8-16(22)9-11-18)20(26)23-17-7-5-6-15(14-17)19(25)24-12-3-4-13-24/h5-11,14H,3-4,12-13H2,1-2H3,(H,23,26). The van der Waals surface area contributed by atoms with Crippen molar-refractivity contribution in [3.8, 4) is 5.75 Å². The van der Waals surface area contributed by atoms with Crippen molar-refractivity contribution in [3.05, 3.63) is 59.1 Å². The number of hydrogen-bond acceptors (Lipinski definition) is 3. The Labute approximate surface area is 164 Å². The Morgan fingerprint density at radius 1 is 1.07 bits per heavy atom. The van der Waals surface area contributed by atoms with Crippen LogP contribution >= 0.6 is 11.6 Å². The summed E-state index contributed by atoms with van der Waals surface area (Å²) in [4.78, 5) is 27.1. The Morgan fingerprint density at radius 3 is 2.41 bits per heavy atom. The number of likely N-dealkylation sites (tertiary alicyclic amines) is 1. The first-order chi connectivity index (χ1) is 12.8. The zero-order valence-corrected chi connectivity index (χ0v) is 16.3. The van der Waals surface area contributed by atoms with E-state index in [1.165, 1.54) is 0 Å². The molecule has 0 atom stereocenters. The lowest BCUT2D eigenvalue weighted by Gasteiger charge is -2.25. The summed E-state index contributed by atoms with van der Waals surface area (Å²) in [5.41, 5.74) is 0.0481. The third kappa shape index (κ3) is 4.80. The molecule has 2 aromatic carbocycles. The highest BCUT2D eigenvalue weighted by Gasteiger charge is 2.30. The molecule has 5 nitrogen and oxygen atoms in total. The number of carbonyl (C=O) groups excluding carboxylic acids is 2. The van der Waals surface area contributed by atoms with Gasteiger partial charge in [-0.3, -0.25) is 9.59 Å². The Morgan fingerprint density at radius 2 is 1.74 bits per heavy atom. The maximum Gasteiger partial charge on any atom is 0.267 e. The molecule has 142 valence electrons. The maximum absolute atomic E-state index is 12.7. The first kappa shape index (κ1) is 19.2. The van der Waals surface area contributed by atoms with Gasteiger partial charge >= 0.3 is 0 Å². The van der Waals surface area contributed by atoms with E-state index >= 15 is 0 Å². The van der Waals surface area contributed by atoms with Crippen molar-refractivity contribution in [2.45, 2.75) is 32.3 Å². The smallest absolute Gasteiger partial charge is 0.267 e. The maximum atomic E-state index is 12.7. The summed E-state index contributed by atoms with van der Waals surface area (Å²) in [7, 11) is 0. The van der Waals surface area contributed by atoms with Gasteiger partial charge in [-0.1, -0.05) is 17.7 Å². The fraction of sp³-hybridized carbons (Fsp3) is 0.333. The van der Waals surface area contributed by atoms with Crippen LogP contribution in [0.5, 0.6) is 5.75 Å². The molecular formula is C21H23ClN2O3. The van der Waals surface area contributed by atoms with Crippen molar-refractivity contribution in [2.24, 2.45) is 0 Å². The lowest BCUT2D eigenvalue weighted by Crippen LogP contribution is -2.42. The number of hydrogen-bond donors (Lipinski definition) is 1. The van der Waals surface area contributed by atoms with Crippen LogP contribution < -0.4 is 10.1 Å². The minimum Gasteiger partial charge on any atom is -0.478 e. The first-order valence-corrected chi connectivity index (χ1v) is 9.38. The van der Waals surface area contributed by atoms with Gasteiger partial charge in [0.05, 0.1) is 0 Å². The molecular weight excluding hydrogens is 364 g/mol. The lowest BCUT2D eigenvalue weighted by atomic mass is 10.1. The van der Waals surface area contributed by atoms with Crippen molar-refractivity contribution in [1.82, 2.24) is 4.90 Å². The number of nitrogens with one attached hydrogen (secondary N) is 1. The van der Waals surface area contributed by atoms with Gasteiger partial charge in [-0.15, -0.1) is 0 Å². The summed E-state index contributed by atoms with van der Waals surface area (Å²) in [5, 5.41) is 3.44. The molecule has 0 unspecified atom stereocenters. The Balaban J connectivity index is 1.68. The molecule has 1 fully saturated rings. The second-order valence-corrected chi connectivity index (χ2v) is 7.54. The molecule has 1 aliphatic heterocycles. The van der Waals surface area contributed by atoms with Crippen LogP contribution in [-0.2, 0) is 4.79 Å². The van der Waals surface area contributed by atoms with Gasteiger partial charge in [0.2, 0.25) is 0 Å². The minimum atomic E-state index is -1.09. The highest BCUT2D eigenvalue weighted by atomic mass is 35.5. The van der Waals surface area contributed by atoms with Crippen molar-refractivity contribution in [2.75, 3.05) is 18.4 Å². The van der Waals surface area contributed by atoms with Crippen LogP contribution in [0.25, 0.3) is 0 Å². The average Bonchev–Trinajstić information content (AvgIpc) is 3.18. The van der Waals surface area contributed by atoms with Gasteiger partial charge in [-0.05, 0) is 69.2 Å². The summed E-state index contributed by atoms with van der Waals surface area (Å²) in [6, 6.07) is 13.8. The Kier molecular flexibility index (Phi) is 5.71. The van der Waals surface area contributed by atoms with Crippen LogP contribution in [0.2, 0.25) is 5.02 Å². The fourth-order valence-corrected chi connectivity index (χ4v) is 3.08. The van der Waals surface area contributed by atoms with Gasteiger partial charge in [-0.25, -0.2) is 0 Å². The number of carbonyl (C=O) groups is 2. The summed E-state index contributed by atoms with van der Waals surface area (Å²) in [5.74, 6) is 0.251. The van der Waals surface area contributed by atoms with E-state index < -0.39 is 5.60 Å². The number of anilines is 1. The molecule has 2 aromatic rings. The fourth-order valence-electron chi connectivity index (χ4n) is 2.96. The largest absolute Gasteiger partial charge is 0.478 e. The molecule has 0 spiro atoms. The third-order valence-electron chi connectivity index (χ3n) is 4.49. The topological polar surface area (TPSA) is 58.6 Å². The molecule has 0 aliphatic carbocycles. The molecule has 27 heavy (non-hydrogen) atoms. The number of amides is 2. The number of ether oxygens (including phenoxy) is 1. The summed E-state index contributed by atoms with van der Waals surface area (Å²) >= 11 is 5.87. The monoisotopic (exact) mass is 386 g/mol. The molecule has 2 amide bonds. The van der Waals surface area contributed by atoms with E-state index in [9.17, 15) is 9.59 Å². The van der Waals surface area contributed by atoms with E-state index in [0.717, 1.165) is 25.9 Å². The lowest BCUT2D eigenvalue weighted by molar-refractivity contribution is -0.128. The second-order valence-electron chi connectivity index (χ2n) is 7.10. The quantitative estimate of drug-likeness (QED) is 0.829. The summed E-state index contributed by atoms with van der Waals surface area (Å²) < 4.78 is 5.80. The zero-order chi connectivity index (χ0) is 19.4. The highest BCUT2D eigenvalue weighted by Crippen LogP contribution is 2.23. The highest BCUT2D eigenvalue weighted by molar-refractivity contribution is 6.30. The van der Waals surface area contributed by atoms with Gasteiger partial charge in [-0.2, -0.15) is 0 Å². The predicted octanol–water partition coefficient (Wildman–Crippen LogP) is 4.37. The van der Waals surface area contributed by atoms with Gasteiger partial charge in [0.25, 0.3) is 11.8 Å². The van der Waals surface area contributed by atoms with Gasteiger partial charge in [0.15, 0.2) is 5.60 Å². The van der Waals surface area contributed by atoms with Crippen LogP contribution in [0.3, 0.4) is 0 Å². The summed E-state index contributed by atoms with van der Waals surface area (Å²) in [6.45, 7) is 4.96. The SMILES string of the molecule is CC(C)(Oc1ccc(Cl)cc1)C(=O)Nc1cccc(C(=O)N2CCCC2)c1. The first-order valence-electron chi connectivity index (χ1n) is 9.00. The molecule has 0 bridgehead atoms. The van der Waals surface area contributed by atoms with Crippen LogP contribution in [0.4, 0.5) is 5.69 Å². The average molecular weight is 387 g/mol. The molecule has 0 saturated carbocycles. The van der Waals surface area contributed by atoms with E-state index in [0.29, 0.717) is 22.0 Å². The van der Waals surface area contributed by atoms with Gasteiger partial charge in [0, 0.05) is 29.4 Å². The van der Waals surface area contributed by atoms with Crippen molar-refractivity contribution >= 4 is 29.1 Å². The molecule has 3 rings (SSSR count). The minimum absolute atomic E-state index is 0.000253. The molecule has 6 heteroatoms. The van der Waals surface area contributed by atoms with E-state index in [1.807, 2.05) is 4.90 Å². The van der Waals surface area contributed by atoms with E-state index in [-0.39, 0.29) is 11.8 Å². The van der Waals surface area contributed by atoms with Gasteiger partial charge in [0.1, 0.15) is 5.75 Å². The molecule has 0 aromatic heterocycles. The van der Waals surface area contributed by atoms with Crippen molar-refractivity contribution in [3.63, 3.8) is 0 Å². The predicted molar refractivity (Wildman–Crippen MR) is 106 cm³/mol. The molecule has 1 heterocycles. The summed E-state index contributed by atoms with van der Waals surface area (Å²) in [6.07, 6.45) is 2.08. The van der Waals surface area contributed by atoms with Crippen LogP contribution in [0.1, 0.15) is 37.0 Å². The Hall–Kier alpha value is -2.53. The van der Waals surface area contributed by atoms with Crippen molar-refractivity contribution in [1.29, 1.82) is 0 Å². The zero-order valence-electron chi connectivity index (χ0n) is 15.5. The van der Waals surface area contributed by atoms with Crippen LogP contribution in [-0.4, -0.2) is 35.4 Å². The van der Waals surface area contributed by atoms with Gasteiger partial charge < -0.3 is 15.0 Å². The molecule has 1 aliphatic rings. The van der Waals surface area contributed by atoms with Crippen LogP contribution in [0.15, 0.2) is 48.5 Å². The molecule has 1 saturated heterocycles. The van der Waals surface area contributed by atoms with Crippen molar-refractivity contribution < 1.29 is 14.3 Å². The van der Waals surface area contributed by atoms with Crippen LogP contribution in [0, 0.1) is 0 Å². The van der Waals surface area contributed by atoms with E-state index in [1.54, 1.807) is 62.4 Å². The second kappa shape index (κ2) is 8.01. The normalized spacial score (nSPS) is 14.1. The molecule has 1 N–H and O–H groups in total. The Bertz CT molecular complexity index is 828. The number of rotatable bonds is 5. The van der Waals surface area contributed by atoms with E-state index in [4.69, 9.17) is 16.3 Å². The number of benzene rings is 2. The molecule has 0 radical (unpaired) electrons. The van der Waals surface area contributed by atoms with E-state index in [2.05, 4.69) is 5.32 Å². The number of nitrogens with zero attached hydrogens (tertiary/aromatic N) is 1. The third-order valence-corrected chi connectivity index (χ3v) is 4.75. The number of halogens is 1.